The second-order valence-electron chi connectivity index (χ2n) is 4.88. The molecular formula is C17H17N3O. The van der Waals surface area contributed by atoms with Crippen LogP contribution in [-0.4, -0.2) is 9.67 Å². The number of nitrogens with zero attached hydrogens (tertiary/aromatic N) is 3. The quantitative estimate of drug-likeness (QED) is 0.658. The fourth-order valence-electron chi connectivity index (χ4n) is 2.42. The zero-order valence-corrected chi connectivity index (χ0v) is 11.9. The summed E-state index contributed by atoms with van der Waals surface area (Å²) in [6.45, 7) is 2.84. The third kappa shape index (κ3) is 2.52. The van der Waals surface area contributed by atoms with Crippen molar-refractivity contribution in [3.05, 3.63) is 54.6 Å². The summed E-state index contributed by atoms with van der Waals surface area (Å²) in [5.41, 5.74) is 2.28. The van der Waals surface area contributed by atoms with Crippen molar-refractivity contribution in [2.24, 2.45) is 10.2 Å². The van der Waals surface area contributed by atoms with Gasteiger partial charge in [-0.3, -0.25) is 0 Å². The van der Waals surface area contributed by atoms with Crippen LogP contribution in [0.4, 0.5) is 11.4 Å². The zero-order chi connectivity index (χ0) is 14.7. The number of azo groups is 1. The molecule has 1 aromatic heterocycles. The average Bonchev–Trinajstić information content (AvgIpc) is 2.79. The lowest BCUT2D eigenvalue weighted by Crippen LogP contribution is -1.94. The summed E-state index contributed by atoms with van der Waals surface area (Å²) in [5.74, 6) is 0.178. The number of para-hydroxylation sites is 1. The van der Waals surface area contributed by atoms with Crippen LogP contribution >= 0.6 is 0 Å². The SMILES string of the molecule is CCCn1c(O)c(N=Nc2ccccc2)c2ccccc21. The molecule has 0 amide bonds. The highest BCUT2D eigenvalue weighted by atomic mass is 16.3. The van der Waals surface area contributed by atoms with Gasteiger partial charge in [0.25, 0.3) is 0 Å². The maximum absolute atomic E-state index is 10.4. The van der Waals surface area contributed by atoms with Crippen molar-refractivity contribution in [2.75, 3.05) is 0 Å². The molecular weight excluding hydrogens is 262 g/mol. The molecule has 1 N–H and O–H groups in total. The lowest BCUT2D eigenvalue weighted by molar-refractivity contribution is 0.421. The monoisotopic (exact) mass is 279 g/mol. The minimum atomic E-state index is 0.178. The summed E-state index contributed by atoms with van der Waals surface area (Å²) in [6.07, 6.45) is 0.946. The van der Waals surface area contributed by atoms with Gasteiger partial charge in [0, 0.05) is 11.9 Å². The third-order valence-corrected chi connectivity index (χ3v) is 3.39. The van der Waals surface area contributed by atoms with E-state index in [4.69, 9.17) is 0 Å². The summed E-state index contributed by atoms with van der Waals surface area (Å²) >= 11 is 0. The molecule has 0 unspecified atom stereocenters. The van der Waals surface area contributed by atoms with Crippen LogP contribution in [0.15, 0.2) is 64.8 Å². The number of fused-ring (bicyclic) bond motifs is 1. The van der Waals surface area contributed by atoms with E-state index in [1.807, 2.05) is 59.2 Å². The van der Waals surface area contributed by atoms with Gasteiger partial charge in [-0.05, 0) is 24.6 Å². The largest absolute Gasteiger partial charge is 0.493 e. The van der Waals surface area contributed by atoms with Gasteiger partial charge in [-0.15, -0.1) is 5.11 Å². The Labute approximate surface area is 123 Å². The number of aromatic hydroxyl groups is 1. The second kappa shape index (κ2) is 5.79. The molecule has 0 aliphatic carbocycles. The van der Waals surface area contributed by atoms with Gasteiger partial charge in [0.2, 0.25) is 5.88 Å². The molecule has 0 saturated carbocycles. The van der Waals surface area contributed by atoms with Crippen LogP contribution in [-0.2, 0) is 6.54 Å². The first-order valence-corrected chi connectivity index (χ1v) is 7.08. The van der Waals surface area contributed by atoms with E-state index < -0.39 is 0 Å². The van der Waals surface area contributed by atoms with Crippen molar-refractivity contribution in [2.45, 2.75) is 19.9 Å². The molecule has 3 aromatic rings. The van der Waals surface area contributed by atoms with Crippen molar-refractivity contribution < 1.29 is 5.11 Å². The topological polar surface area (TPSA) is 49.9 Å². The van der Waals surface area contributed by atoms with Crippen LogP contribution in [0.25, 0.3) is 10.9 Å². The third-order valence-electron chi connectivity index (χ3n) is 3.39. The summed E-state index contributed by atoms with van der Waals surface area (Å²) in [6, 6.07) is 17.4. The van der Waals surface area contributed by atoms with Crippen LogP contribution in [0.3, 0.4) is 0 Å². The van der Waals surface area contributed by atoms with Crippen LogP contribution < -0.4 is 0 Å². The minimum absolute atomic E-state index is 0.178. The Morgan fingerprint density at radius 1 is 0.952 bits per heavy atom. The lowest BCUT2D eigenvalue weighted by Gasteiger charge is -2.03. The molecule has 21 heavy (non-hydrogen) atoms. The predicted molar refractivity (Wildman–Crippen MR) is 84.5 cm³/mol. The molecule has 0 radical (unpaired) electrons. The van der Waals surface area contributed by atoms with Gasteiger partial charge < -0.3 is 9.67 Å². The Balaban J connectivity index is 2.10. The molecule has 4 nitrogen and oxygen atoms in total. The van der Waals surface area contributed by atoms with Crippen molar-refractivity contribution in [1.82, 2.24) is 4.57 Å². The first kappa shape index (κ1) is 13.4. The van der Waals surface area contributed by atoms with Gasteiger partial charge in [0.1, 0.15) is 0 Å². The number of hydrogen-bond donors (Lipinski definition) is 1. The van der Waals surface area contributed by atoms with E-state index in [2.05, 4.69) is 17.2 Å². The van der Waals surface area contributed by atoms with E-state index in [-0.39, 0.29) is 5.88 Å². The van der Waals surface area contributed by atoms with Gasteiger partial charge in [-0.2, -0.15) is 5.11 Å². The molecule has 1 heterocycles. The number of rotatable bonds is 4. The Bertz CT molecular complexity index is 775. The Hall–Kier alpha value is -2.62. The number of hydrogen-bond acceptors (Lipinski definition) is 3. The Morgan fingerprint density at radius 2 is 1.67 bits per heavy atom. The van der Waals surface area contributed by atoms with Crippen molar-refractivity contribution in [3.8, 4) is 5.88 Å². The van der Waals surface area contributed by atoms with Crippen LogP contribution in [0.1, 0.15) is 13.3 Å². The average molecular weight is 279 g/mol. The molecule has 0 spiro atoms. The van der Waals surface area contributed by atoms with E-state index in [1.165, 1.54) is 0 Å². The predicted octanol–water partition coefficient (Wildman–Crippen LogP) is 5.17. The first-order valence-electron chi connectivity index (χ1n) is 7.08. The van der Waals surface area contributed by atoms with Crippen molar-refractivity contribution in [1.29, 1.82) is 0 Å². The number of aromatic nitrogens is 1. The molecule has 2 aromatic carbocycles. The highest BCUT2D eigenvalue weighted by molar-refractivity contribution is 5.94. The van der Waals surface area contributed by atoms with E-state index in [9.17, 15) is 5.11 Å². The van der Waals surface area contributed by atoms with Gasteiger partial charge in [0.05, 0.1) is 11.2 Å². The van der Waals surface area contributed by atoms with Crippen molar-refractivity contribution >= 4 is 22.3 Å². The zero-order valence-electron chi connectivity index (χ0n) is 11.9. The molecule has 106 valence electrons. The highest BCUT2D eigenvalue weighted by Crippen LogP contribution is 2.39. The van der Waals surface area contributed by atoms with E-state index in [0.29, 0.717) is 5.69 Å². The molecule has 0 atom stereocenters. The molecule has 0 aliphatic heterocycles. The van der Waals surface area contributed by atoms with Gasteiger partial charge in [-0.1, -0.05) is 43.3 Å². The summed E-state index contributed by atoms with van der Waals surface area (Å²) in [7, 11) is 0. The molecule has 3 rings (SSSR count). The molecule has 0 bridgehead atoms. The van der Waals surface area contributed by atoms with Gasteiger partial charge >= 0.3 is 0 Å². The normalized spacial score (nSPS) is 11.5. The maximum Gasteiger partial charge on any atom is 0.220 e. The van der Waals surface area contributed by atoms with E-state index in [1.54, 1.807) is 0 Å². The van der Waals surface area contributed by atoms with Crippen LogP contribution in [0.2, 0.25) is 0 Å². The molecule has 0 aliphatic rings. The number of benzene rings is 2. The summed E-state index contributed by atoms with van der Waals surface area (Å²) in [5, 5.41) is 19.8. The molecule has 4 heteroatoms. The van der Waals surface area contributed by atoms with Gasteiger partial charge in [0.15, 0.2) is 5.69 Å². The van der Waals surface area contributed by atoms with E-state index in [0.717, 1.165) is 29.6 Å². The highest BCUT2D eigenvalue weighted by Gasteiger charge is 2.15. The summed E-state index contributed by atoms with van der Waals surface area (Å²) < 4.78 is 1.88. The lowest BCUT2D eigenvalue weighted by atomic mass is 10.2. The number of aryl methyl sites for hydroxylation is 1. The second-order valence-corrected chi connectivity index (χ2v) is 4.88. The minimum Gasteiger partial charge on any atom is -0.493 e. The molecule has 0 saturated heterocycles. The fraction of sp³-hybridized carbons (Fsp3) is 0.176. The van der Waals surface area contributed by atoms with Crippen LogP contribution in [0, 0.1) is 0 Å². The fourth-order valence-corrected chi connectivity index (χ4v) is 2.42. The Morgan fingerprint density at radius 3 is 2.43 bits per heavy atom. The maximum atomic E-state index is 10.4. The van der Waals surface area contributed by atoms with Gasteiger partial charge in [-0.25, -0.2) is 0 Å². The Kier molecular flexibility index (Phi) is 3.69. The smallest absolute Gasteiger partial charge is 0.220 e. The van der Waals surface area contributed by atoms with E-state index >= 15 is 0 Å². The standard InChI is InChI=1S/C17H17N3O/c1-2-12-20-15-11-7-6-10-14(15)16(17(20)21)19-18-13-8-4-3-5-9-13/h3-11,21H,2,12H2,1H3. The summed E-state index contributed by atoms with van der Waals surface area (Å²) in [4.78, 5) is 0. The van der Waals surface area contributed by atoms with Crippen LogP contribution in [0.5, 0.6) is 5.88 Å². The first-order chi connectivity index (χ1) is 10.3. The molecule has 0 fully saturated rings. The van der Waals surface area contributed by atoms with Crippen molar-refractivity contribution in [3.63, 3.8) is 0 Å².